The fraction of sp³-hybridized carbons (Fsp3) is 0.533. The Morgan fingerprint density at radius 1 is 1.33 bits per heavy atom. The van der Waals surface area contributed by atoms with Gasteiger partial charge in [0.25, 0.3) is 0 Å². The Kier molecular flexibility index (Phi) is 8.76. The lowest BCUT2D eigenvalue weighted by Crippen LogP contribution is -2.22. The Morgan fingerprint density at radius 3 is 2.57 bits per heavy atom. The number of nitrogens with one attached hydrogen (secondary N) is 1. The number of carbonyl (C=O) groups is 1. The smallest absolute Gasteiger partial charge is 0.234 e. The molecule has 1 rings (SSSR count). The molecule has 4 nitrogen and oxygen atoms in total. The van der Waals surface area contributed by atoms with E-state index in [4.69, 9.17) is 21.1 Å². The first-order valence-electron chi connectivity index (χ1n) is 6.93. The standard InChI is InChI=1S/C15H22ClNO3S/c1-4-19-15(20-5-2)10-21-9-14(18)17-13-7-6-12(16)8-11(13)3/h6-8,15H,4-5,9-10H2,1-3H3,(H,17,18). The van der Waals surface area contributed by atoms with Crippen molar-refractivity contribution in [3.8, 4) is 0 Å². The molecule has 6 heteroatoms. The number of benzene rings is 1. The summed E-state index contributed by atoms with van der Waals surface area (Å²) in [6.45, 7) is 6.96. The van der Waals surface area contributed by atoms with Crippen molar-refractivity contribution in [1.82, 2.24) is 0 Å². The van der Waals surface area contributed by atoms with Gasteiger partial charge in [0, 0.05) is 29.7 Å². The van der Waals surface area contributed by atoms with E-state index in [1.54, 1.807) is 6.07 Å². The van der Waals surface area contributed by atoms with Gasteiger partial charge in [-0.2, -0.15) is 0 Å². The number of aryl methyl sites for hydroxylation is 1. The zero-order valence-electron chi connectivity index (χ0n) is 12.6. The lowest BCUT2D eigenvalue weighted by atomic mass is 10.2. The number of hydrogen-bond acceptors (Lipinski definition) is 4. The van der Waals surface area contributed by atoms with Crippen molar-refractivity contribution in [2.24, 2.45) is 0 Å². The summed E-state index contributed by atoms with van der Waals surface area (Å²) < 4.78 is 10.9. The van der Waals surface area contributed by atoms with Crippen molar-refractivity contribution < 1.29 is 14.3 Å². The zero-order chi connectivity index (χ0) is 15.7. The Morgan fingerprint density at radius 2 is 2.00 bits per heavy atom. The molecule has 1 N–H and O–H groups in total. The second-order valence-electron chi connectivity index (χ2n) is 4.36. The van der Waals surface area contributed by atoms with Crippen LogP contribution in [0.3, 0.4) is 0 Å². The van der Waals surface area contributed by atoms with Crippen molar-refractivity contribution in [2.75, 3.05) is 30.0 Å². The summed E-state index contributed by atoms with van der Waals surface area (Å²) in [5.74, 6) is 0.949. The van der Waals surface area contributed by atoms with Crippen LogP contribution in [0.25, 0.3) is 0 Å². The maximum atomic E-state index is 11.9. The monoisotopic (exact) mass is 331 g/mol. The molecular formula is C15H22ClNO3S. The summed E-state index contributed by atoms with van der Waals surface area (Å²) in [6.07, 6.45) is -0.255. The average Bonchev–Trinajstić information content (AvgIpc) is 2.42. The lowest BCUT2D eigenvalue weighted by Gasteiger charge is -2.16. The molecule has 0 bridgehead atoms. The molecule has 0 heterocycles. The molecule has 0 aliphatic carbocycles. The third-order valence-corrected chi connectivity index (χ3v) is 3.86. The lowest BCUT2D eigenvalue weighted by molar-refractivity contribution is -0.120. The molecular weight excluding hydrogens is 310 g/mol. The van der Waals surface area contributed by atoms with Crippen LogP contribution in [0.15, 0.2) is 18.2 Å². The predicted octanol–water partition coefficient (Wildman–Crippen LogP) is 3.72. The molecule has 118 valence electrons. The van der Waals surface area contributed by atoms with E-state index in [9.17, 15) is 4.79 Å². The number of ether oxygens (including phenoxy) is 2. The number of amides is 1. The van der Waals surface area contributed by atoms with E-state index in [0.717, 1.165) is 11.3 Å². The second kappa shape index (κ2) is 10.1. The van der Waals surface area contributed by atoms with E-state index < -0.39 is 0 Å². The first kappa shape index (κ1) is 18.3. The maximum Gasteiger partial charge on any atom is 0.234 e. The van der Waals surface area contributed by atoms with Crippen LogP contribution >= 0.6 is 23.4 Å². The quantitative estimate of drug-likeness (QED) is 0.701. The molecule has 0 aliphatic rings. The molecule has 0 saturated heterocycles. The van der Waals surface area contributed by atoms with Crippen molar-refractivity contribution >= 4 is 35.0 Å². The van der Waals surface area contributed by atoms with Gasteiger partial charge in [-0.3, -0.25) is 4.79 Å². The molecule has 0 radical (unpaired) electrons. The Bertz CT molecular complexity index is 451. The van der Waals surface area contributed by atoms with Gasteiger partial charge in [-0.1, -0.05) is 11.6 Å². The van der Waals surface area contributed by atoms with E-state index in [-0.39, 0.29) is 12.2 Å². The number of carbonyl (C=O) groups excluding carboxylic acids is 1. The molecule has 0 unspecified atom stereocenters. The van der Waals surface area contributed by atoms with Gasteiger partial charge in [-0.15, -0.1) is 11.8 Å². The fourth-order valence-electron chi connectivity index (χ4n) is 1.72. The van der Waals surface area contributed by atoms with Gasteiger partial charge in [0.05, 0.1) is 5.75 Å². The minimum absolute atomic E-state index is 0.0443. The van der Waals surface area contributed by atoms with E-state index >= 15 is 0 Å². The SMILES string of the molecule is CCOC(CSCC(=O)Nc1ccc(Cl)cc1C)OCC. The number of rotatable bonds is 9. The largest absolute Gasteiger partial charge is 0.352 e. The van der Waals surface area contributed by atoms with Crippen molar-refractivity contribution in [1.29, 1.82) is 0 Å². The molecule has 0 aromatic heterocycles. The topological polar surface area (TPSA) is 47.6 Å². The minimum Gasteiger partial charge on any atom is -0.352 e. The molecule has 1 aromatic carbocycles. The van der Waals surface area contributed by atoms with Gasteiger partial charge in [-0.05, 0) is 44.5 Å². The van der Waals surface area contributed by atoms with E-state index in [2.05, 4.69) is 5.32 Å². The van der Waals surface area contributed by atoms with Crippen LogP contribution in [0.5, 0.6) is 0 Å². The van der Waals surface area contributed by atoms with Crippen LogP contribution in [-0.2, 0) is 14.3 Å². The number of halogens is 1. The molecule has 0 fully saturated rings. The van der Waals surface area contributed by atoms with Crippen molar-refractivity contribution in [3.05, 3.63) is 28.8 Å². The average molecular weight is 332 g/mol. The highest BCUT2D eigenvalue weighted by molar-refractivity contribution is 8.00. The minimum atomic E-state index is -0.255. The van der Waals surface area contributed by atoms with Gasteiger partial charge in [-0.25, -0.2) is 0 Å². The summed E-state index contributed by atoms with van der Waals surface area (Å²) in [4.78, 5) is 11.9. The second-order valence-corrected chi connectivity index (χ2v) is 5.83. The van der Waals surface area contributed by atoms with E-state index in [1.807, 2.05) is 32.9 Å². The van der Waals surface area contributed by atoms with Crippen molar-refractivity contribution in [3.63, 3.8) is 0 Å². The Balaban J connectivity index is 2.36. The van der Waals surface area contributed by atoms with Gasteiger partial charge in [0.1, 0.15) is 0 Å². The molecule has 0 spiro atoms. The number of thioether (sulfide) groups is 1. The van der Waals surface area contributed by atoms with E-state index in [0.29, 0.717) is 29.7 Å². The first-order chi connectivity index (χ1) is 10.1. The number of hydrogen-bond donors (Lipinski definition) is 1. The van der Waals surface area contributed by atoms with Crippen LogP contribution in [0, 0.1) is 6.92 Å². The van der Waals surface area contributed by atoms with Crippen LogP contribution in [-0.4, -0.2) is 36.9 Å². The summed E-state index contributed by atoms with van der Waals surface area (Å²) >= 11 is 7.38. The van der Waals surface area contributed by atoms with E-state index in [1.165, 1.54) is 11.8 Å². The van der Waals surface area contributed by atoms with Crippen molar-refractivity contribution in [2.45, 2.75) is 27.1 Å². The summed E-state index contributed by atoms with van der Waals surface area (Å²) in [7, 11) is 0. The molecule has 0 aliphatic heterocycles. The highest BCUT2D eigenvalue weighted by Gasteiger charge is 2.10. The highest BCUT2D eigenvalue weighted by atomic mass is 35.5. The Hall–Kier alpha value is -0.750. The Labute approximate surface area is 135 Å². The van der Waals surface area contributed by atoms with Gasteiger partial charge in [0.15, 0.2) is 6.29 Å². The van der Waals surface area contributed by atoms with Gasteiger partial charge >= 0.3 is 0 Å². The maximum absolute atomic E-state index is 11.9. The van der Waals surface area contributed by atoms with Gasteiger partial charge < -0.3 is 14.8 Å². The fourth-order valence-corrected chi connectivity index (χ4v) is 2.70. The van der Waals surface area contributed by atoms with Crippen LogP contribution in [0.1, 0.15) is 19.4 Å². The summed E-state index contributed by atoms with van der Waals surface area (Å²) in [5.41, 5.74) is 1.73. The van der Waals surface area contributed by atoms with Crippen LogP contribution in [0.4, 0.5) is 5.69 Å². The molecule has 1 amide bonds. The van der Waals surface area contributed by atoms with Gasteiger partial charge in [0.2, 0.25) is 5.91 Å². The zero-order valence-corrected chi connectivity index (χ0v) is 14.2. The molecule has 21 heavy (non-hydrogen) atoms. The summed E-state index contributed by atoms with van der Waals surface area (Å²) in [6, 6.07) is 5.39. The van der Waals surface area contributed by atoms with Crippen LogP contribution < -0.4 is 5.32 Å². The summed E-state index contributed by atoms with van der Waals surface area (Å²) in [5, 5.41) is 3.54. The third kappa shape index (κ3) is 7.18. The normalized spacial score (nSPS) is 10.9. The molecule has 0 saturated carbocycles. The molecule has 1 aromatic rings. The third-order valence-electron chi connectivity index (χ3n) is 2.65. The predicted molar refractivity (Wildman–Crippen MR) is 89.2 cm³/mol. The number of anilines is 1. The first-order valence-corrected chi connectivity index (χ1v) is 8.47. The molecule has 0 atom stereocenters. The van der Waals surface area contributed by atoms with Crippen LogP contribution in [0.2, 0.25) is 5.02 Å². The highest BCUT2D eigenvalue weighted by Crippen LogP contribution is 2.20.